The van der Waals surface area contributed by atoms with Crippen molar-refractivity contribution in [3.8, 4) is 0 Å². The van der Waals surface area contributed by atoms with Gasteiger partial charge in [-0.15, -0.1) is 11.6 Å². The first-order chi connectivity index (χ1) is 6.20. The molecule has 1 heterocycles. The Hall–Kier alpha value is -0.540. The van der Waals surface area contributed by atoms with Crippen molar-refractivity contribution in [2.24, 2.45) is 0 Å². The van der Waals surface area contributed by atoms with E-state index in [0.29, 0.717) is 13.2 Å². The van der Waals surface area contributed by atoms with Crippen LogP contribution in [0, 0.1) is 0 Å². The van der Waals surface area contributed by atoms with E-state index in [1.54, 1.807) is 6.92 Å². The number of halogens is 1. The summed E-state index contributed by atoms with van der Waals surface area (Å²) < 4.78 is 5.14. The number of hydrogen-bond donors (Lipinski definition) is 1. The van der Waals surface area contributed by atoms with Crippen LogP contribution >= 0.6 is 11.6 Å². The molecule has 0 bridgehead atoms. The molecule has 0 saturated carbocycles. The van der Waals surface area contributed by atoms with Crippen molar-refractivity contribution >= 4 is 17.5 Å². The first kappa shape index (κ1) is 10.5. The van der Waals surface area contributed by atoms with Gasteiger partial charge in [0.05, 0.1) is 13.2 Å². The lowest BCUT2D eigenvalue weighted by atomic mass is 10.1. The minimum absolute atomic E-state index is 0.117. The van der Waals surface area contributed by atoms with Crippen LogP contribution in [0.4, 0.5) is 0 Å². The molecule has 0 aromatic rings. The first-order valence-electron chi connectivity index (χ1n) is 4.37. The average Bonchev–Trinajstić information content (AvgIpc) is 2.15. The van der Waals surface area contributed by atoms with E-state index in [2.05, 4.69) is 5.32 Å². The molecule has 13 heavy (non-hydrogen) atoms. The fraction of sp³-hybridized carbons (Fsp3) is 0.667. The smallest absolute Gasteiger partial charge is 0.238 e. The molecule has 1 aliphatic rings. The van der Waals surface area contributed by atoms with Crippen LogP contribution in [0.15, 0.2) is 11.6 Å². The molecule has 74 valence electrons. The molecule has 1 atom stereocenters. The summed E-state index contributed by atoms with van der Waals surface area (Å²) >= 11 is 5.59. The van der Waals surface area contributed by atoms with Crippen molar-refractivity contribution in [3.63, 3.8) is 0 Å². The van der Waals surface area contributed by atoms with Gasteiger partial charge < -0.3 is 10.1 Å². The molecular formula is C9H14ClNO2. The highest BCUT2D eigenvalue weighted by atomic mass is 35.5. The van der Waals surface area contributed by atoms with Gasteiger partial charge in [-0.25, -0.2) is 0 Å². The van der Waals surface area contributed by atoms with Crippen LogP contribution in [0.25, 0.3) is 0 Å². The Morgan fingerprint density at radius 3 is 3.15 bits per heavy atom. The number of amides is 1. The van der Waals surface area contributed by atoms with E-state index in [0.717, 1.165) is 13.0 Å². The summed E-state index contributed by atoms with van der Waals surface area (Å²) in [5, 5.41) is 2.30. The van der Waals surface area contributed by atoms with Crippen molar-refractivity contribution in [2.75, 3.05) is 19.8 Å². The van der Waals surface area contributed by atoms with Crippen molar-refractivity contribution in [3.05, 3.63) is 11.6 Å². The van der Waals surface area contributed by atoms with Gasteiger partial charge in [-0.2, -0.15) is 0 Å². The Balaban J connectivity index is 2.25. The normalized spacial score (nSPS) is 19.1. The van der Waals surface area contributed by atoms with Gasteiger partial charge in [0.25, 0.3) is 0 Å². The Morgan fingerprint density at radius 1 is 1.85 bits per heavy atom. The quantitative estimate of drug-likeness (QED) is 0.551. The minimum atomic E-state index is -0.458. The van der Waals surface area contributed by atoms with Gasteiger partial charge in [0, 0.05) is 6.54 Å². The predicted octanol–water partition coefficient (Wildman–Crippen LogP) is 1.08. The van der Waals surface area contributed by atoms with Crippen molar-refractivity contribution in [2.45, 2.75) is 18.7 Å². The lowest BCUT2D eigenvalue weighted by molar-refractivity contribution is -0.120. The largest absolute Gasteiger partial charge is 0.377 e. The van der Waals surface area contributed by atoms with E-state index in [1.165, 1.54) is 5.57 Å². The molecular weight excluding hydrogens is 190 g/mol. The fourth-order valence-electron chi connectivity index (χ4n) is 1.07. The van der Waals surface area contributed by atoms with Gasteiger partial charge in [-0.3, -0.25) is 4.79 Å². The lowest BCUT2D eigenvalue weighted by Crippen LogP contribution is -2.32. The van der Waals surface area contributed by atoms with Crippen LogP contribution in [0.3, 0.4) is 0 Å². The monoisotopic (exact) mass is 203 g/mol. The molecule has 3 nitrogen and oxygen atoms in total. The van der Waals surface area contributed by atoms with E-state index in [4.69, 9.17) is 16.3 Å². The van der Waals surface area contributed by atoms with Crippen molar-refractivity contribution < 1.29 is 9.53 Å². The second kappa shape index (κ2) is 5.25. The van der Waals surface area contributed by atoms with Crippen LogP contribution in [-0.4, -0.2) is 31.0 Å². The van der Waals surface area contributed by atoms with E-state index >= 15 is 0 Å². The number of rotatable bonds is 3. The molecule has 1 aliphatic heterocycles. The molecule has 1 N–H and O–H groups in total. The van der Waals surface area contributed by atoms with Gasteiger partial charge in [-0.1, -0.05) is 11.6 Å². The second-order valence-corrected chi connectivity index (χ2v) is 3.68. The fourth-order valence-corrected chi connectivity index (χ4v) is 1.14. The molecule has 0 spiro atoms. The summed E-state index contributed by atoms with van der Waals surface area (Å²) in [5.41, 5.74) is 1.22. The summed E-state index contributed by atoms with van der Waals surface area (Å²) in [6.45, 7) is 3.66. The second-order valence-electron chi connectivity index (χ2n) is 3.02. The Morgan fingerprint density at radius 2 is 2.62 bits per heavy atom. The van der Waals surface area contributed by atoms with Crippen molar-refractivity contribution in [1.82, 2.24) is 5.32 Å². The molecule has 0 aromatic heterocycles. The van der Waals surface area contributed by atoms with Gasteiger partial charge in [-0.05, 0) is 13.3 Å². The predicted molar refractivity (Wildman–Crippen MR) is 51.8 cm³/mol. The molecule has 0 fully saturated rings. The third kappa shape index (κ3) is 3.79. The molecule has 0 radical (unpaired) electrons. The number of nitrogens with one attached hydrogen (secondary N) is 1. The topological polar surface area (TPSA) is 38.3 Å². The van der Waals surface area contributed by atoms with E-state index in [1.807, 2.05) is 6.08 Å². The highest BCUT2D eigenvalue weighted by Gasteiger charge is 2.09. The Bertz CT molecular complexity index is 214. The summed E-state index contributed by atoms with van der Waals surface area (Å²) in [7, 11) is 0. The molecule has 0 aliphatic carbocycles. The van der Waals surface area contributed by atoms with Gasteiger partial charge >= 0.3 is 0 Å². The van der Waals surface area contributed by atoms with E-state index in [9.17, 15) is 4.79 Å². The van der Waals surface area contributed by atoms with Gasteiger partial charge in [0.2, 0.25) is 5.91 Å². The van der Waals surface area contributed by atoms with Gasteiger partial charge in [0.15, 0.2) is 0 Å². The lowest BCUT2D eigenvalue weighted by Gasteiger charge is -2.14. The number of ether oxygens (including phenoxy) is 1. The maximum absolute atomic E-state index is 11.1. The highest BCUT2D eigenvalue weighted by molar-refractivity contribution is 6.30. The zero-order chi connectivity index (χ0) is 9.68. The van der Waals surface area contributed by atoms with E-state index < -0.39 is 5.38 Å². The third-order valence-electron chi connectivity index (χ3n) is 1.91. The molecule has 1 unspecified atom stereocenters. The summed E-state index contributed by atoms with van der Waals surface area (Å²) in [5.74, 6) is -0.117. The van der Waals surface area contributed by atoms with Crippen LogP contribution in [0.5, 0.6) is 0 Å². The highest BCUT2D eigenvalue weighted by Crippen LogP contribution is 2.06. The van der Waals surface area contributed by atoms with Crippen LogP contribution < -0.4 is 5.32 Å². The maximum atomic E-state index is 11.1. The van der Waals surface area contributed by atoms with Crippen molar-refractivity contribution in [1.29, 1.82) is 0 Å². The molecule has 0 saturated heterocycles. The molecule has 4 heteroatoms. The maximum Gasteiger partial charge on any atom is 0.238 e. The van der Waals surface area contributed by atoms with Crippen LogP contribution in [0.2, 0.25) is 0 Å². The SMILES string of the molecule is CC(Cl)C(=O)NCC1=CCOCC1. The number of carbonyl (C=O) groups excluding carboxylic acids is 1. The Labute approximate surface area is 83.1 Å². The summed E-state index contributed by atoms with van der Waals surface area (Å²) in [6.07, 6.45) is 2.90. The van der Waals surface area contributed by atoms with Crippen LogP contribution in [-0.2, 0) is 9.53 Å². The average molecular weight is 204 g/mol. The first-order valence-corrected chi connectivity index (χ1v) is 4.81. The zero-order valence-electron chi connectivity index (χ0n) is 7.68. The zero-order valence-corrected chi connectivity index (χ0v) is 8.43. The molecule has 0 aromatic carbocycles. The minimum Gasteiger partial charge on any atom is -0.377 e. The van der Waals surface area contributed by atoms with Crippen LogP contribution in [0.1, 0.15) is 13.3 Å². The number of carbonyl (C=O) groups is 1. The van der Waals surface area contributed by atoms with E-state index in [-0.39, 0.29) is 5.91 Å². The number of hydrogen-bond acceptors (Lipinski definition) is 2. The standard InChI is InChI=1S/C9H14ClNO2/c1-7(10)9(12)11-6-8-2-4-13-5-3-8/h2,7H,3-6H2,1H3,(H,11,12). The summed E-state index contributed by atoms with van der Waals surface area (Å²) in [6, 6.07) is 0. The third-order valence-corrected chi connectivity index (χ3v) is 2.11. The van der Waals surface area contributed by atoms with Gasteiger partial charge in [0.1, 0.15) is 5.38 Å². The molecule has 1 amide bonds. The number of alkyl halides is 1. The Kier molecular flexibility index (Phi) is 4.25. The summed E-state index contributed by atoms with van der Waals surface area (Å²) in [4.78, 5) is 11.1. The molecule has 1 rings (SSSR count).